The average Bonchev–Trinajstić information content (AvgIpc) is 2.89. The zero-order valence-corrected chi connectivity index (χ0v) is 13.1. The molecule has 0 radical (unpaired) electrons. The fourth-order valence-corrected chi connectivity index (χ4v) is 2.03. The van der Waals surface area contributed by atoms with Crippen LogP contribution in [0.25, 0.3) is 11.3 Å². The third-order valence-corrected chi connectivity index (χ3v) is 3.10. The molecule has 2 rings (SSSR count). The summed E-state index contributed by atoms with van der Waals surface area (Å²) < 4.78 is 10.6. The molecule has 0 saturated carbocycles. The van der Waals surface area contributed by atoms with Crippen LogP contribution in [0.5, 0.6) is 0 Å². The standard InChI is InChI=1S/C16H21N3O3/c1-11(2)21-10-4-7-18-16(20)14-12(3)22-19-15(14)13-5-8-17-9-6-13/h5-6,8-9,11H,4,7,10H2,1-3H3,(H,18,20). The maximum absolute atomic E-state index is 12.4. The lowest BCUT2D eigenvalue weighted by atomic mass is 10.1. The van der Waals surface area contributed by atoms with Crippen molar-refractivity contribution >= 4 is 5.91 Å². The van der Waals surface area contributed by atoms with Crippen LogP contribution in [-0.2, 0) is 4.74 Å². The number of hydrogen-bond acceptors (Lipinski definition) is 5. The summed E-state index contributed by atoms with van der Waals surface area (Å²) in [5.41, 5.74) is 1.81. The second-order valence-electron chi connectivity index (χ2n) is 5.23. The Morgan fingerprint density at radius 3 is 2.77 bits per heavy atom. The van der Waals surface area contributed by atoms with Gasteiger partial charge in [-0.25, -0.2) is 0 Å². The van der Waals surface area contributed by atoms with Gasteiger partial charge in [-0.2, -0.15) is 0 Å². The topological polar surface area (TPSA) is 77.2 Å². The van der Waals surface area contributed by atoms with Gasteiger partial charge < -0.3 is 14.6 Å². The summed E-state index contributed by atoms with van der Waals surface area (Å²) in [7, 11) is 0. The number of aromatic nitrogens is 2. The van der Waals surface area contributed by atoms with Gasteiger partial charge in [-0.15, -0.1) is 0 Å². The van der Waals surface area contributed by atoms with Crippen LogP contribution in [0.15, 0.2) is 29.0 Å². The molecule has 6 heteroatoms. The average molecular weight is 303 g/mol. The van der Waals surface area contributed by atoms with Crippen molar-refractivity contribution in [3.8, 4) is 11.3 Å². The normalized spacial score (nSPS) is 10.9. The second kappa shape index (κ2) is 7.70. The predicted molar refractivity (Wildman–Crippen MR) is 82.5 cm³/mol. The molecule has 22 heavy (non-hydrogen) atoms. The largest absolute Gasteiger partial charge is 0.379 e. The maximum Gasteiger partial charge on any atom is 0.257 e. The molecule has 0 aliphatic heterocycles. The number of carbonyl (C=O) groups excluding carboxylic acids is 1. The fraction of sp³-hybridized carbons (Fsp3) is 0.438. The number of amides is 1. The second-order valence-corrected chi connectivity index (χ2v) is 5.23. The van der Waals surface area contributed by atoms with E-state index in [-0.39, 0.29) is 12.0 Å². The molecule has 2 heterocycles. The Kier molecular flexibility index (Phi) is 5.66. The quantitative estimate of drug-likeness (QED) is 0.795. The molecular weight excluding hydrogens is 282 g/mol. The molecule has 0 bridgehead atoms. The minimum absolute atomic E-state index is 0.185. The number of aryl methyl sites for hydroxylation is 1. The van der Waals surface area contributed by atoms with Crippen LogP contribution in [0, 0.1) is 6.92 Å². The van der Waals surface area contributed by atoms with E-state index in [4.69, 9.17) is 9.26 Å². The van der Waals surface area contributed by atoms with Crippen LogP contribution in [-0.4, -0.2) is 35.3 Å². The molecule has 1 N–H and O–H groups in total. The van der Waals surface area contributed by atoms with Crippen molar-refractivity contribution < 1.29 is 14.1 Å². The van der Waals surface area contributed by atoms with Crippen LogP contribution in [0.4, 0.5) is 0 Å². The predicted octanol–water partition coefficient (Wildman–Crippen LogP) is 2.59. The molecule has 0 saturated heterocycles. The van der Waals surface area contributed by atoms with Crippen molar-refractivity contribution in [1.82, 2.24) is 15.5 Å². The van der Waals surface area contributed by atoms with Gasteiger partial charge in [-0.3, -0.25) is 9.78 Å². The number of rotatable bonds is 7. The van der Waals surface area contributed by atoms with Crippen molar-refractivity contribution in [3.05, 3.63) is 35.9 Å². The molecule has 1 amide bonds. The third kappa shape index (κ3) is 4.14. The highest BCUT2D eigenvalue weighted by atomic mass is 16.5. The molecule has 0 aliphatic rings. The first-order valence-electron chi connectivity index (χ1n) is 7.36. The summed E-state index contributed by atoms with van der Waals surface area (Å²) in [6, 6.07) is 3.59. The minimum Gasteiger partial charge on any atom is -0.379 e. The summed E-state index contributed by atoms with van der Waals surface area (Å²) in [6.07, 6.45) is 4.28. The van der Waals surface area contributed by atoms with E-state index in [2.05, 4.69) is 15.5 Å². The van der Waals surface area contributed by atoms with Crippen LogP contribution in [0.3, 0.4) is 0 Å². The molecule has 0 aromatic carbocycles. The molecule has 2 aromatic rings. The Morgan fingerprint density at radius 2 is 2.09 bits per heavy atom. The number of nitrogens with zero attached hydrogens (tertiary/aromatic N) is 2. The number of carbonyl (C=O) groups is 1. The lowest BCUT2D eigenvalue weighted by molar-refractivity contribution is 0.0757. The summed E-state index contributed by atoms with van der Waals surface area (Å²) in [5.74, 6) is 0.317. The molecule has 0 unspecified atom stereocenters. The van der Waals surface area contributed by atoms with Gasteiger partial charge in [-0.1, -0.05) is 5.16 Å². The number of pyridine rings is 1. The monoisotopic (exact) mass is 303 g/mol. The van der Waals surface area contributed by atoms with Gasteiger partial charge in [0.1, 0.15) is 17.0 Å². The lowest BCUT2D eigenvalue weighted by Gasteiger charge is -2.08. The molecule has 0 atom stereocenters. The van der Waals surface area contributed by atoms with Crippen LogP contribution < -0.4 is 5.32 Å². The van der Waals surface area contributed by atoms with Gasteiger partial charge in [0.2, 0.25) is 0 Å². The summed E-state index contributed by atoms with van der Waals surface area (Å²) in [6.45, 7) is 6.87. The summed E-state index contributed by atoms with van der Waals surface area (Å²) in [4.78, 5) is 16.3. The Hall–Kier alpha value is -2.21. The van der Waals surface area contributed by atoms with E-state index in [1.807, 2.05) is 13.8 Å². The minimum atomic E-state index is -0.185. The van der Waals surface area contributed by atoms with E-state index in [1.165, 1.54) is 0 Å². The van der Waals surface area contributed by atoms with Crippen LogP contribution >= 0.6 is 0 Å². The van der Waals surface area contributed by atoms with Gasteiger partial charge in [0, 0.05) is 31.1 Å². The summed E-state index contributed by atoms with van der Waals surface area (Å²) in [5, 5.41) is 6.86. The molecule has 0 spiro atoms. The lowest BCUT2D eigenvalue weighted by Crippen LogP contribution is -2.26. The first-order valence-corrected chi connectivity index (χ1v) is 7.36. The van der Waals surface area contributed by atoms with Gasteiger partial charge in [-0.05, 0) is 39.3 Å². The third-order valence-electron chi connectivity index (χ3n) is 3.10. The first-order chi connectivity index (χ1) is 10.6. The van der Waals surface area contributed by atoms with E-state index < -0.39 is 0 Å². The maximum atomic E-state index is 12.4. The van der Waals surface area contributed by atoms with Crippen molar-refractivity contribution in [3.63, 3.8) is 0 Å². The molecule has 0 fully saturated rings. The highest BCUT2D eigenvalue weighted by Gasteiger charge is 2.21. The fourth-order valence-electron chi connectivity index (χ4n) is 2.03. The Morgan fingerprint density at radius 1 is 1.36 bits per heavy atom. The number of ether oxygens (including phenoxy) is 1. The molecule has 2 aromatic heterocycles. The van der Waals surface area contributed by atoms with Gasteiger partial charge in [0.05, 0.1) is 6.10 Å². The Labute approximate surface area is 129 Å². The van der Waals surface area contributed by atoms with Crippen molar-refractivity contribution in [2.24, 2.45) is 0 Å². The molecule has 0 aliphatic carbocycles. The van der Waals surface area contributed by atoms with E-state index in [1.54, 1.807) is 31.5 Å². The van der Waals surface area contributed by atoms with E-state index in [0.717, 1.165) is 12.0 Å². The van der Waals surface area contributed by atoms with E-state index in [0.29, 0.717) is 30.2 Å². The van der Waals surface area contributed by atoms with Crippen LogP contribution in [0.1, 0.15) is 36.4 Å². The molecule has 118 valence electrons. The Bertz CT molecular complexity index is 608. The van der Waals surface area contributed by atoms with Crippen molar-refractivity contribution in [2.45, 2.75) is 33.3 Å². The van der Waals surface area contributed by atoms with Crippen molar-refractivity contribution in [1.29, 1.82) is 0 Å². The zero-order valence-electron chi connectivity index (χ0n) is 13.1. The SMILES string of the molecule is Cc1onc(-c2ccncc2)c1C(=O)NCCCOC(C)C. The summed E-state index contributed by atoms with van der Waals surface area (Å²) >= 11 is 0. The van der Waals surface area contributed by atoms with Gasteiger partial charge >= 0.3 is 0 Å². The Balaban J connectivity index is 2.00. The van der Waals surface area contributed by atoms with E-state index >= 15 is 0 Å². The highest BCUT2D eigenvalue weighted by molar-refractivity contribution is 6.00. The van der Waals surface area contributed by atoms with Gasteiger partial charge in [0.15, 0.2) is 0 Å². The smallest absolute Gasteiger partial charge is 0.257 e. The highest BCUT2D eigenvalue weighted by Crippen LogP contribution is 2.24. The van der Waals surface area contributed by atoms with E-state index in [9.17, 15) is 4.79 Å². The zero-order chi connectivity index (χ0) is 15.9. The van der Waals surface area contributed by atoms with Crippen molar-refractivity contribution in [2.75, 3.05) is 13.2 Å². The number of nitrogens with one attached hydrogen (secondary N) is 1. The van der Waals surface area contributed by atoms with Gasteiger partial charge in [0.25, 0.3) is 5.91 Å². The first kappa shape index (κ1) is 16.2. The molecular formula is C16H21N3O3. The molecule has 6 nitrogen and oxygen atoms in total. The number of hydrogen-bond donors (Lipinski definition) is 1. The van der Waals surface area contributed by atoms with Crippen LogP contribution in [0.2, 0.25) is 0 Å².